The van der Waals surface area contributed by atoms with Gasteiger partial charge in [0.1, 0.15) is 17.6 Å². The van der Waals surface area contributed by atoms with Gasteiger partial charge in [-0.15, -0.1) is 0 Å². The average molecular weight is 587 g/mol. The van der Waals surface area contributed by atoms with E-state index in [4.69, 9.17) is 16.3 Å². The quantitative estimate of drug-likeness (QED) is 0.385. The Bertz CT molecular complexity index is 1610. The van der Waals surface area contributed by atoms with E-state index in [1.807, 2.05) is 0 Å². The fraction of sp³-hybridized carbons (Fsp3) is 0.185. The van der Waals surface area contributed by atoms with Gasteiger partial charge in [0.05, 0.1) is 17.2 Å². The van der Waals surface area contributed by atoms with Gasteiger partial charge in [-0.3, -0.25) is 4.79 Å². The maximum atomic E-state index is 15.1. The largest absolute Gasteiger partial charge is 0.461 e. The Morgan fingerprint density at radius 1 is 1.07 bits per heavy atom. The summed E-state index contributed by atoms with van der Waals surface area (Å²) in [6.45, 7) is 1.66. The Morgan fingerprint density at radius 2 is 1.77 bits per heavy atom. The van der Waals surface area contributed by atoms with Crippen molar-refractivity contribution in [1.29, 1.82) is 0 Å². The first-order valence-corrected chi connectivity index (χ1v) is 14.2. The second kappa shape index (κ2) is 11.8. The Balaban J connectivity index is 1.57. The number of rotatable bonds is 7. The van der Waals surface area contributed by atoms with Crippen LogP contribution in [0.25, 0.3) is 11.1 Å². The first-order valence-electron chi connectivity index (χ1n) is 12.0. The minimum Gasteiger partial charge on any atom is -0.461 e. The van der Waals surface area contributed by atoms with E-state index in [2.05, 4.69) is 15.7 Å². The van der Waals surface area contributed by atoms with Crippen LogP contribution in [0, 0.1) is 5.82 Å². The van der Waals surface area contributed by atoms with Crippen molar-refractivity contribution in [2.24, 2.45) is 5.10 Å². The van der Waals surface area contributed by atoms with Gasteiger partial charge >= 0.3 is 12.0 Å². The molecule has 0 radical (unpaired) electrons. The molecule has 3 aromatic rings. The SMILES string of the molecule is CCOC(=O)C1=NN(C(=O)Nc2ccc(Cl)cc2)C(C(=O)Nc2ccc(-c3ccccc3S(C)(=O)=O)cc2F)C1. The molecule has 1 heterocycles. The molecule has 0 spiro atoms. The molecule has 13 heteroatoms. The smallest absolute Gasteiger partial charge is 0.354 e. The molecule has 208 valence electrons. The summed E-state index contributed by atoms with van der Waals surface area (Å²) in [7, 11) is -3.58. The number of urea groups is 1. The van der Waals surface area contributed by atoms with Gasteiger partial charge in [-0.05, 0) is 55.0 Å². The summed E-state index contributed by atoms with van der Waals surface area (Å²) in [6.07, 6.45) is 0.792. The number of carbonyl (C=O) groups is 3. The summed E-state index contributed by atoms with van der Waals surface area (Å²) in [5, 5.41) is 10.2. The molecule has 1 aliphatic heterocycles. The van der Waals surface area contributed by atoms with E-state index < -0.39 is 39.6 Å². The lowest BCUT2D eigenvalue weighted by Gasteiger charge is -2.21. The highest BCUT2D eigenvalue weighted by Gasteiger charge is 2.40. The molecule has 3 aromatic carbocycles. The summed E-state index contributed by atoms with van der Waals surface area (Å²) in [4.78, 5) is 38.5. The van der Waals surface area contributed by atoms with Crippen molar-refractivity contribution in [3.8, 4) is 11.1 Å². The van der Waals surface area contributed by atoms with Crippen LogP contribution in [0.3, 0.4) is 0 Å². The highest BCUT2D eigenvalue weighted by Crippen LogP contribution is 2.30. The summed E-state index contributed by atoms with van der Waals surface area (Å²) in [5.41, 5.74) is 0.587. The lowest BCUT2D eigenvalue weighted by Crippen LogP contribution is -2.43. The van der Waals surface area contributed by atoms with Gasteiger partial charge in [0.25, 0.3) is 0 Å². The third-order valence-corrected chi connectivity index (χ3v) is 7.26. The number of carbonyl (C=O) groups excluding carboxylic acids is 3. The Hall–Kier alpha value is -4.29. The number of hydrogen-bond donors (Lipinski definition) is 2. The van der Waals surface area contributed by atoms with Crippen LogP contribution in [0.4, 0.5) is 20.6 Å². The minimum absolute atomic E-state index is 0.0307. The number of hydrazone groups is 1. The third-order valence-electron chi connectivity index (χ3n) is 5.85. The Morgan fingerprint density at radius 3 is 2.42 bits per heavy atom. The zero-order valence-corrected chi connectivity index (χ0v) is 22.9. The molecule has 0 saturated carbocycles. The maximum absolute atomic E-state index is 15.1. The van der Waals surface area contributed by atoms with E-state index in [-0.39, 0.29) is 34.9 Å². The van der Waals surface area contributed by atoms with Gasteiger partial charge in [-0.25, -0.2) is 27.4 Å². The van der Waals surface area contributed by atoms with E-state index in [9.17, 15) is 22.8 Å². The van der Waals surface area contributed by atoms with Gasteiger partial charge in [0.15, 0.2) is 9.84 Å². The first-order chi connectivity index (χ1) is 19.0. The van der Waals surface area contributed by atoms with Crippen molar-refractivity contribution in [3.05, 3.63) is 77.6 Å². The van der Waals surface area contributed by atoms with Crippen molar-refractivity contribution < 1.29 is 31.9 Å². The Labute approximate surface area is 234 Å². The maximum Gasteiger partial charge on any atom is 0.354 e. The third kappa shape index (κ3) is 6.46. The molecule has 10 nitrogen and oxygen atoms in total. The fourth-order valence-corrected chi connectivity index (χ4v) is 5.02. The number of amides is 3. The number of sulfone groups is 1. The molecule has 0 aromatic heterocycles. The van der Waals surface area contributed by atoms with E-state index in [1.54, 1.807) is 49.4 Å². The second-order valence-corrected chi connectivity index (χ2v) is 11.1. The van der Waals surface area contributed by atoms with Crippen LogP contribution in [0.15, 0.2) is 76.7 Å². The molecule has 1 aliphatic rings. The molecule has 1 unspecified atom stereocenters. The molecule has 1 atom stereocenters. The molecule has 40 heavy (non-hydrogen) atoms. The van der Waals surface area contributed by atoms with Crippen LogP contribution in [0.1, 0.15) is 13.3 Å². The van der Waals surface area contributed by atoms with E-state index in [1.165, 1.54) is 18.2 Å². The number of nitrogens with zero attached hydrogens (tertiary/aromatic N) is 2. The zero-order valence-electron chi connectivity index (χ0n) is 21.4. The highest BCUT2D eigenvalue weighted by atomic mass is 35.5. The number of esters is 1. The molecule has 3 amide bonds. The first kappa shape index (κ1) is 28.7. The topological polar surface area (TPSA) is 134 Å². The number of hydrogen-bond acceptors (Lipinski definition) is 7. The second-order valence-electron chi connectivity index (χ2n) is 8.72. The summed E-state index contributed by atoms with van der Waals surface area (Å²) in [6, 6.07) is 14.1. The van der Waals surface area contributed by atoms with Crippen LogP contribution in [0.5, 0.6) is 0 Å². The van der Waals surface area contributed by atoms with Crippen molar-refractivity contribution in [1.82, 2.24) is 5.01 Å². The predicted octanol–water partition coefficient (Wildman–Crippen LogP) is 4.71. The fourth-order valence-electron chi connectivity index (χ4n) is 3.98. The molecule has 4 rings (SSSR count). The van der Waals surface area contributed by atoms with Crippen LogP contribution >= 0.6 is 11.6 Å². The van der Waals surface area contributed by atoms with E-state index in [0.29, 0.717) is 16.3 Å². The van der Waals surface area contributed by atoms with Crippen molar-refractivity contribution in [2.45, 2.75) is 24.3 Å². The van der Waals surface area contributed by atoms with Crippen molar-refractivity contribution in [3.63, 3.8) is 0 Å². The summed E-state index contributed by atoms with van der Waals surface area (Å²) >= 11 is 5.88. The van der Waals surface area contributed by atoms with Crippen molar-refractivity contribution in [2.75, 3.05) is 23.5 Å². The van der Waals surface area contributed by atoms with Gasteiger partial charge in [0, 0.05) is 29.0 Å². The predicted molar refractivity (Wildman–Crippen MR) is 148 cm³/mol. The molecular weight excluding hydrogens is 563 g/mol. The van der Waals surface area contributed by atoms with Crippen LogP contribution in [0.2, 0.25) is 5.02 Å². The normalized spacial score (nSPS) is 14.8. The monoisotopic (exact) mass is 586 g/mol. The number of benzene rings is 3. The van der Waals surface area contributed by atoms with Gasteiger partial charge in [-0.1, -0.05) is 35.9 Å². The summed E-state index contributed by atoms with van der Waals surface area (Å²) in [5.74, 6) is -2.43. The van der Waals surface area contributed by atoms with Crippen LogP contribution in [-0.4, -0.2) is 56.0 Å². The van der Waals surface area contributed by atoms with E-state index >= 15 is 4.39 Å². The van der Waals surface area contributed by atoms with Crippen molar-refractivity contribution >= 4 is 56.4 Å². The van der Waals surface area contributed by atoms with Gasteiger partial charge in [-0.2, -0.15) is 5.10 Å². The molecule has 0 bridgehead atoms. The molecule has 2 N–H and O–H groups in total. The number of ether oxygens (including phenoxy) is 1. The van der Waals surface area contributed by atoms with Crippen LogP contribution < -0.4 is 10.6 Å². The molecule has 0 aliphatic carbocycles. The minimum atomic E-state index is -3.58. The van der Waals surface area contributed by atoms with Crippen LogP contribution in [-0.2, 0) is 24.2 Å². The number of nitrogens with one attached hydrogen (secondary N) is 2. The highest BCUT2D eigenvalue weighted by molar-refractivity contribution is 7.90. The lowest BCUT2D eigenvalue weighted by molar-refractivity contribution is -0.135. The zero-order chi connectivity index (χ0) is 29.0. The summed E-state index contributed by atoms with van der Waals surface area (Å²) < 4.78 is 44.4. The standard InChI is InChI=1S/C27H24ClFN4O6S/c1-3-39-26(35)22-15-23(33(32-22)27(36)30-18-11-9-17(28)10-12-18)25(34)31-21-13-8-16(14-20(21)29)19-6-4-5-7-24(19)40(2,37)38/h4-14,23H,3,15H2,1-2H3,(H,30,36)(H,31,34). The van der Waals surface area contributed by atoms with Gasteiger partial charge < -0.3 is 15.4 Å². The lowest BCUT2D eigenvalue weighted by atomic mass is 10.0. The molecular formula is C27H24ClFN4O6S. The Kier molecular flexibility index (Phi) is 8.50. The number of halogens is 2. The van der Waals surface area contributed by atoms with E-state index in [0.717, 1.165) is 17.3 Å². The van der Waals surface area contributed by atoms with Gasteiger partial charge in [0.2, 0.25) is 5.91 Å². The molecule has 0 fully saturated rings. The molecule has 0 saturated heterocycles. The average Bonchev–Trinajstić information content (AvgIpc) is 3.37. The number of anilines is 2.